The van der Waals surface area contributed by atoms with Crippen LogP contribution in [0.15, 0.2) is 35.7 Å². The number of nitrogens with one attached hydrogen (secondary N) is 1. The summed E-state index contributed by atoms with van der Waals surface area (Å²) in [5.74, 6) is 0.567. The molecule has 0 aliphatic carbocycles. The average Bonchev–Trinajstić information content (AvgIpc) is 3.36. The molecule has 0 spiro atoms. The molecule has 4 aromatic rings. The van der Waals surface area contributed by atoms with Crippen molar-refractivity contribution in [1.82, 2.24) is 14.9 Å². The van der Waals surface area contributed by atoms with Gasteiger partial charge in [-0.15, -0.1) is 11.3 Å². The van der Waals surface area contributed by atoms with Crippen LogP contribution < -0.4 is 10.2 Å². The summed E-state index contributed by atoms with van der Waals surface area (Å²) in [5, 5.41) is 5.72. The van der Waals surface area contributed by atoms with Crippen LogP contribution in [0.5, 0.6) is 0 Å². The Labute approximate surface area is 196 Å². The van der Waals surface area contributed by atoms with Crippen LogP contribution in [0, 0.1) is 26.6 Å². The zero-order valence-corrected chi connectivity index (χ0v) is 20.1. The molecule has 4 nitrogen and oxygen atoms in total. The molecule has 0 bridgehead atoms. The molecule has 0 saturated carbocycles. The first kappa shape index (κ1) is 21.4. The Bertz CT molecular complexity index is 1300. The summed E-state index contributed by atoms with van der Waals surface area (Å²) in [6, 6.07) is 9.37. The minimum atomic E-state index is -0.393. The highest BCUT2D eigenvalue weighted by Gasteiger charge is 2.24. The van der Waals surface area contributed by atoms with E-state index in [2.05, 4.69) is 53.1 Å². The maximum Gasteiger partial charge on any atom is 0.206 e. The lowest BCUT2D eigenvalue weighted by Crippen LogP contribution is -2.44. The first-order valence-electron chi connectivity index (χ1n) is 10.9. The van der Waals surface area contributed by atoms with Gasteiger partial charge in [0.25, 0.3) is 0 Å². The monoisotopic (exact) mass is 468 g/mol. The third-order valence-corrected chi connectivity index (χ3v) is 7.68. The Kier molecular flexibility index (Phi) is 5.70. The molecule has 0 radical (unpaired) electrons. The average molecular weight is 469 g/mol. The normalized spacial score (nSPS) is 14.5. The number of fused-ring (bicyclic) bond motifs is 1. The van der Waals surface area contributed by atoms with Crippen LogP contribution in [-0.2, 0) is 6.54 Å². The largest absolute Gasteiger partial charge is 0.340 e. The molecule has 0 unspecified atom stereocenters. The molecular weight excluding hydrogens is 443 g/mol. The van der Waals surface area contributed by atoms with Crippen molar-refractivity contribution in [3.8, 4) is 10.4 Å². The Balaban J connectivity index is 1.75. The molecule has 1 aliphatic heterocycles. The number of thiophene rings is 1. The van der Waals surface area contributed by atoms with Gasteiger partial charge in [-0.1, -0.05) is 17.7 Å². The van der Waals surface area contributed by atoms with Gasteiger partial charge in [0, 0.05) is 36.6 Å². The van der Waals surface area contributed by atoms with E-state index < -0.39 is 5.82 Å². The van der Waals surface area contributed by atoms with E-state index in [0.717, 1.165) is 48.7 Å². The van der Waals surface area contributed by atoms with Crippen LogP contribution in [0.4, 0.5) is 10.3 Å². The molecule has 1 fully saturated rings. The Morgan fingerprint density at radius 1 is 1.09 bits per heavy atom. The van der Waals surface area contributed by atoms with Crippen LogP contribution in [0.25, 0.3) is 21.5 Å². The van der Waals surface area contributed by atoms with Gasteiger partial charge in [-0.25, -0.2) is 9.37 Å². The summed E-state index contributed by atoms with van der Waals surface area (Å²) < 4.78 is 16.0. The fourth-order valence-electron chi connectivity index (χ4n) is 4.46. The SMILES string of the molecule is Cc1ccsc1-c1c(C)c(C)cc2c1nc(N1CCNCC1)n2Cc1ccc(F)c(Cl)c1. The predicted molar refractivity (Wildman–Crippen MR) is 133 cm³/mol. The molecular formula is C25H26ClFN4S. The van der Waals surface area contributed by atoms with E-state index in [0.29, 0.717) is 6.54 Å². The number of imidazole rings is 1. The number of benzene rings is 2. The molecule has 3 heterocycles. The summed E-state index contributed by atoms with van der Waals surface area (Å²) in [4.78, 5) is 8.85. The second-order valence-corrected chi connectivity index (χ2v) is 9.80. The molecule has 32 heavy (non-hydrogen) atoms. The van der Waals surface area contributed by atoms with Gasteiger partial charge < -0.3 is 14.8 Å². The van der Waals surface area contributed by atoms with Crippen molar-refractivity contribution in [2.45, 2.75) is 27.3 Å². The number of anilines is 1. The Morgan fingerprint density at radius 2 is 1.88 bits per heavy atom. The van der Waals surface area contributed by atoms with Gasteiger partial charge in [0.2, 0.25) is 5.95 Å². The van der Waals surface area contributed by atoms with Crippen molar-refractivity contribution in [1.29, 1.82) is 0 Å². The molecule has 1 aliphatic rings. The van der Waals surface area contributed by atoms with Gasteiger partial charge in [-0.2, -0.15) is 0 Å². The summed E-state index contributed by atoms with van der Waals surface area (Å²) >= 11 is 7.87. The van der Waals surface area contributed by atoms with Gasteiger partial charge in [0.15, 0.2) is 0 Å². The Hall–Kier alpha value is -2.41. The lowest BCUT2D eigenvalue weighted by Gasteiger charge is -2.29. The standard InChI is InChI=1S/C25H26ClFN4S/c1-15-6-11-32-24(15)22-17(3)16(2)12-21-23(22)29-25(30-9-7-28-8-10-30)31(21)14-18-4-5-20(27)19(26)13-18/h4-6,11-13,28H,7-10,14H2,1-3H3. The number of halogens is 2. The van der Waals surface area contributed by atoms with Crippen molar-refractivity contribution in [3.05, 3.63) is 68.8 Å². The number of aryl methyl sites for hydroxylation is 2. The summed E-state index contributed by atoms with van der Waals surface area (Å²) in [6.07, 6.45) is 0. The van der Waals surface area contributed by atoms with Crippen molar-refractivity contribution < 1.29 is 4.39 Å². The van der Waals surface area contributed by atoms with E-state index >= 15 is 0 Å². The second kappa shape index (κ2) is 8.50. The number of aromatic nitrogens is 2. The lowest BCUT2D eigenvalue weighted by molar-refractivity contribution is 0.571. The maximum absolute atomic E-state index is 13.8. The minimum Gasteiger partial charge on any atom is -0.340 e. The first-order valence-corrected chi connectivity index (χ1v) is 12.1. The highest BCUT2D eigenvalue weighted by molar-refractivity contribution is 7.13. The van der Waals surface area contributed by atoms with E-state index in [1.807, 2.05) is 0 Å². The second-order valence-electron chi connectivity index (χ2n) is 8.48. The maximum atomic E-state index is 13.8. The van der Waals surface area contributed by atoms with Gasteiger partial charge in [-0.05, 0) is 72.7 Å². The quantitative estimate of drug-likeness (QED) is 0.402. The van der Waals surface area contributed by atoms with E-state index in [-0.39, 0.29) is 5.02 Å². The minimum absolute atomic E-state index is 0.151. The molecule has 0 amide bonds. The molecule has 166 valence electrons. The van der Waals surface area contributed by atoms with E-state index in [9.17, 15) is 4.39 Å². The first-order chi connectivity index (χ1) is 15.4. The van der Waals surface area contributed by atoms with Gasteiger partial charge in [0.1, 0.15) is 5.82 Å². The third-order valence-electron chi connectivity index (χ3n) is 6.36. The van der Waals surface area contributed by atoms with E-state index in [1.54, 1.807) is 23.5 Å². The van der Waals surface area contributed by atoms with Crippen LogP contribution in [0.2, 0.25) is 5.02 Å². The molecule has 0 atom stereocenters. The number of nitrogens with zero attached hydrogens (tertiary/aromatic N) is 3. The van der Waals surface area contributed by atoms with Crippen molar-refractivity contribution in [3.63, 3.8) is 0 Å². The van der Waals surface area contributed by atoms with Crippen LogP contribution in [-0.4, -0.2) is 35.7 Å². The van der Waals surface area contributed by atoms with Crippen molar-refractivity contribution in [2.24, 2.45) is 0 Å². The molecule has 2 aromatic heterocycles. The van der Waals surface area contributed by atoms with Gasteiger partial charge in [0.05, 0.1) is 22.6 Å². The number of hydrogen-bond donors (Lipinski definition) is 1. The fraction of sp³-hybridized carbons (Fsp3) is 0.320. The molecule has 2 aromatic carbocycles. The summed E-state index contributed by atoms with van der Waals surface area (Å²) in [6.45, 7) is 10.8. The lowest BCUT2D eigenvalue weighted by atomic mass is 9.98. The van der Waals surface area contributed by atoms with Gasteiger partial charge >= 0.3 is 0 Å². The van der Waals surface area contributed by atoms with Crippen LogP contribution in [0.3, 0.4) is 0 Å². The fourth-order valence-corrected chi connectivity index (χ4v) is 5.69. The number of hydrogen-bond acceptors (Lipinski definition) is 4. The van der Waals surface area contributed by atoms with Gasteiger partial charge in [-0.3, -0.25) is 0 Å². The predicted octanol–water partition coefficient (Wildman–Crippen LogP) is 5.94. The summed E-state index contributed by atoms with van der Waals surface area (Å²) in [5.41, 5.74) is 8.09. The third kappa shape index (κ3) is 3.70. The summed E-state index contributed by atoms with van der Waals surface area (Å²) in [7, 11) is 0. The van der Waals surface area contributed by atoms with E-state index in [4.69, 9.17) is 16.6 Å². The van der Waals surface area contributed by atoms with Crippen LogP contribution >= 0.6 is 22.9 Å². The zero-order valence-electron chi connectivity index (χ0n) is 18.5. The van der Waals surface area contributed by atoms with E-state index in [1.165, 1.54) is 33.2 Å². The Morgan fingerprint density at radius 3 is 2.56 bits per heavy atom. The van der Waals surface area contributed by atoms with Crippen molar-refractivity contribution in [2.75, 3.05) is 31.1 Å². The highest BCUT2D eigenvalue weighted by Crippen LogP contribution is 2.40. The molecule has 1 saturated heterocycles. The molecule has 5 rings (SSSR count). The number of piperazine rings is 1. The van der Waals surface area contributed by atoms with Crippen molar-refractivity contribution >= 4 is 39.9 Å². The zero-order chi connectivity index (χ0) is 22.4. The smallest absolute Gasteiger partial charge is 0.206 e. The highest BCUT2D eigenvalue weighted by atomic mass is 35.5. The number of rotatable bonds is 4. The molecule has 1 N–H and O–H groups in total. The van der Waals surface area contributed by atoms with Crippen LogP contribution in [0.1, 0.15) is 22.3 Å². The molecule has 7 heteroatoms. The topological polar surface area (TPSA) is 33.1 Å².